The van der Waals surface area contributed by atoms with Crippen molar-refractivity contribution in [1.29, 1.82) is 0 Å². The van der Waals surface area contributed by atoms with Crippen molar-refractivity contribution in [2.45, 2.75) is 40.0 Å². The van der Waals surface area contributed by atoms with Gasteiger partial charge in [0.2, 0.25) is 5.91 Å². The number of carbonyl (C=O) groups excluding carboxylic acids is 1. The molecule has 0 aromatic carbocycles. The molecule has 0 aliphatic heterocycles. The van der Waals surface area contributed by atoms with E-state index in [1.165, 1.54) is 6.42 Å². The van der Waals surface area contributed by atoms with Crippen LogP contribution in [0.5, 0.6) is 0 Å². The quantitative estimate of drug-likeness (QED) is 0.700. The van der Waals surface area contributed by atoms with Crippen LogP contribution >= 0.6 is 0 Å². The van der Waals surface area contributed by atoms with Crippen molar-refractivity contribution in [3.63, 3.8) is 0 Å². The average molecular weight is 183 g/mol. The summed E-state index contributed by atoms with van der Waals surface area (Å²) in [6.07, 6.45) is 3.42. The van der Waals surface area contributed by atoms with E-state index in [0.717, 1.165) is 12.8 Å². The van der Waals surface area contributed by atoms with Gasteiger partial charge in [0.1, 0.15) is 0 Å². The SMILES string of the molecule is CC(C)C1C(C)CCCC1C(N)=O. The molecule has 0 radical (unpaired) electrons. The largest absolute Gasteiger partial charge is 0.369 e. The molecule has 2 heteroatoms. The van der Waals surface area contributed by atoms with E-state index in [4.69, 9.17) is 5.73 Å². The number of amides is 1. The minimum Gasteiger partial charge on any atom is -0.369 e. The average Bonchev–Trinajstić information content (AvgIpc) is 2.02. The van der Waals surface area contributed by atoms with Crippen LogP contribution in [0.15, 0.2) is 0 Å². The first-order valence-corrected chi connectivity index (χ1v) is 5.33. The Hall–Kier alpha value is -0.530. The molecule has 0 saturated heterocycles. The maximum absolute atomic E-state index is 11.2. The molecule has 1 saturated carbocycles. The number of primary amides is 1. The van der Waals surface area contributed by atoms with Crippen LogP contribution in [0.3, 0.4) is 0 Å². The standard InChI is InChI=1S/C11H21NO/c1-7(2)10-8(3)5-4-6-9(10)11(12)13/h7-10H,4-6H2,1-3H3,(H2,12,13). The van der Waals surface area contributed by atoms with Gasteiger partial charge >= 0.3 is 0 Å². The molecule has 76 valence electrons. The highest BCUT2D eigenvalue weighted by Crippen LogP contribution is 2.38. The Kier molecular flexibility index (Phi) is 3.34. The second kappa shape index (κ2) is 4.12. The lowest BCUT2D eigenvalue weighted by Crippen LogP contribution is -2.38. The third kappa shape index (κ3) is 2.23. The molecule has 0 spiro atoms. The maximum atomic E-state index is 11.2. The molecule has 1 aliphatic rings. The molecule has 2 N–H and O–H groups in total. The summed E-state index contributed by atoms with van der Waals surface area (Å²) in [7, 11) is 0. The van der Waals surface area contributed by atoms with Crippen LogP contribution in [0, 0.1) is 23.7 Å². The van der Waals surface area contributed by atoms with E-state index in [2.05, 4.69) is 20.8 Å². The van der Waals surface area contributed by atoms with Crippen molar-refractivity contribution >= 4 is 5.91 Å². The van der Waals surface area contributed by atoms with Gasteiger partial charge in [-0.05, 0) is 24.2 Å². The van der Waals surface area contributed by atoms with Gasteiger partial charge in [0, 0.05) is 5.92 Å². The molecule has 3 atom stereocenters. The fourth-order valence-corrected chi connectivity index (χ4v) is 2.89. The number of hydrogen-bond acceptors (Lipinski definition) is 1. The first-order chi connectivity index (χ1) is 6.04. The van der Waals surface area contributed by atoms with Gasteiger partial charge in [0.15, 0.2) is 0 Å². The zero-order valence-electron chi connectivity index (χ0n) is 8.92. The highest BCUT2D eigenvalue weighted by Gasteiger charge is 2.35. The molecule has 13 heavy (non-hydrogen) atoms. The minimum atomic E-state index is -0.0924. The molecule has 3 unspecified atom stereocenters. The van der Waals surface area contributed by atoms with Crippen molar-refractivity contribution in [1.82, 2.24) is 0 Å². The number of rotatable bonds is 2. The maximum Gasteiger partial charge on any atom is 0.220 e. The van der Waals surface area contributed by atoms with E-state index in [1.54, 1.807) is 0 Å². The van der Waals surface area contributed by atoms with Gasteiger partial charge in [0.25, 0.3) is 0 Å². The highest BCUT2D eigenvalue weighted by molar-refractivity contribution is 5.77. The van der Waals surface area contributed by atoms with Gasteiger partial charge in [0.05, 0.1) is 0 Å². The first-order valence-electron chi connectivity index (χ1n) is 5.33. The highest BCUT2D eigenvalue weighted by atomic mass is 16.1. The molecule has 1 fully saturated rings. The number of carbonyl (C=O) groups is 1. The minimum absolute atomic E-state index is 0.0924. The van der Waals surface area contributed by atoms with E-state index >= 15 is 0 Å². The monoisotopic (exact) mass is 183 g/mol. The molecule has 1 aliphatic carbocycles. The summed E-state index contributed by atoms with van der Waals surface area (Å²) in [6.45, 7) is 6.64. The topological polar surface area (TPSA) is 43.1 Å². The molecule has 1 amide bonds. The summed E-state index contributed by atoms with van der Waals surface area (Å²) in [4.78, 5) is 11.2. The molecule has 0 aromatic heterocycles. The fraction of sp³-hybridized carbons (Fsp3) is 0.909. The van der Waals surface area contributed by atoms with Crippen molar-refractivity contribution < 1.29 is 4.79 Å². The second-order valence-corrected chi connectivity index (χ2v) is 4.74. The molecular formula is C11H21NO. The Morgan fingerprint density at radius 1 is 1.38 bits per heavy atom. The molecule has 0 bridgehead atoms. The molecular weight excluding hydrogens is 162 g/mol. The number of hydrogen-bond donors (Lipinski definition) is 1. The Morgan fingerprint density at radius 3 is 2.38 bits per heavy atom. The Labute approximate surface area is 80.9 Å². The normalized spacial score (nSPS) is 34.9. The van der Waals surface area contributed by atoms with Crippen molar-refractivity contribution in [2.75, 3.05) is 0 Å². The first kappa shape index (κ1) is 10.6. The van der Waals surface area contributed by atoms with Gasteiger partial charge in [-0.25, -0.2) is 0 Å². The summed E-state index contributed by atoms with van der Waals surface area (Å²) >= 11 is 0. The molecule has 2 nitrogen and oxygen atoms in total. The Balaban J connectivity index is 2.74. The summed E-state index contributed by atoms with van der Waals surface area (Å²) in [5, 5.41) is 0. The van der Waals surface area contributed by atoms with E-state index < -0.39 is 0 Å². The predicted molar refractivity (Wildman–Crippen MR) is 54.0 cm³/mol. The molecule has 0 aromatic rings. The van der Waals surface area contributed by atoms with Gasteiger partial charge in [-0.3, -0.25) is 4.79 Å². The van der Waals surface area contributed by atoms with E-state index in [9.17, 15) is 4.79 Å². The van der Waals surface area contributed by atoms with E-state index in [1.807, 2.05) is 0 Å². The molecule has 0 heterocycles. The Morgan fingerprint density at radius 2 is 2.00 bits per heavy atom. The van der Waals surface area contributed by atoms with Crippen LogP contribution in [0.2, 0.25) is 0 Å². The summed E-state index contributed by atoms with van der Waals surface area (Å²) in [5.74, 6) is 1.78. The predicted octanol–water partition coefficient (Wildman–Crippen LogP) is 2.18. The molecule has 1 rings (SSSR count). The van der Waals surface area contributed by atoms with Crippen molar-refractivity contribution in [3.8, 4) is 0 Å². The fourth-order valence-electron chi connectivity index (χ4n) is 2.89. The van der Waals surface area contributed by atoms with Crippen LogP contribution < -0.4 is 5.73 Å². The van der Waals surface area contributed by atoms with Crippen LogP contribution in [0.4, 0.5) is 0 Å². The Bertz CT molecular complexity index is 189. The van der Waals surface area contributed by atoms with Crippen molar-refractivity contribution in [2.24, 2.45) is 29.4 Å². The third-order valence-corrected chi connectivity index (χ3v) is 3.43. The van der Waals surface area contributed by atoms with Gasteiger partial charge in [-0.2, -0.15) is 0 Å². The van der Waals surface area contributed by atoms with Gasteiger partial charge in [-0.15, -0.1) is 0 Å². The lowest BCUT2D eigenvalue weighted by molar-refractivity contribution is -0.126. The summed E-state index contributed by atoms with van der Waals surface area (Å²) in [6, 6.07) is 0. The third-order valence-electron chi connectivity index (χ3n) is 3.43. The zero-order chi connectivity index (χ0) is 10.0. The van der Waals surface area contributed by atoms with E-state index in [0.29, 0.717) is 17.8 Å². The lowest BCUT2D eigenvalue weighted by atomic mass is 9.67. The summed E-state index contributed by atoms with van der Waals surface area (Å²) in [5.41, 5.74) is 5.42. The van der Waals surface area contributed by atoms with Gasteiger partial charge in [-0.1, -0.05) is 33.6 Å². The van der Waals surface area contributed by atoms with E-state index in [-0.39, 0.29) is 11.8 Å². The lowest BCUT2D eigenvalue weighted by Gasteiger charge is -2.37. The van der Waals surface area contributed by atoms with Crippen LogP contribution in [0.25, 0.3) is 0 Å². The number of nitrogens with two attached hydrogens (primary N) is 1. The van der Waals surface area contributed by atoms with Crippen LogP contribution in [-0.2, 0) is 4.79 Å². The van der Waals surface area contributed by atoms with Crippen LogP contribution in [0.1, 0.15) is 40.0 Å². The zero-order valence-corrected chi connectivity index (χ0v) is 8.92. The second-order valence-electron chi connectivity index (χ2n) is 4.74. The summed E-state index contributed by atoms with van der Waals surface area (Å²) < 4.78 is 0. The smallest absolute Gasteiger partial charge is 0.220 e. The van der Waals surface area contributed by atoms with Crippen molar-refractivity contribution in [3.05, 3.63) is 0 Å². The van der Waals surface area contributed by atoms with Crippen LogP contribution in [-0.4, -0.2) is 5.91 Å². The van der Waals surface area contributed by atoms with Gasteiger partial charge < -0.3 is 5.73 Å².